The van der Waals surface area contributed by atoms with E-state index in [2.05, 4.69) is 20.8 Å². The Bertz CT molecular complexity index is 986. The first-order valence-corrected chi connectivity index (χ1v) is 11.7. The van der Waals surface area contributed by atoms with Gasteiger partial charge in [0, 0.05) is 11.3 Å². The van der Waals surface area contributed by atoms with E-state index in [-0.39, 0.29) is 30.0 Å². The molecule has 1 fully saturated rings. The Labute approximate surface area is 194 Å². The second-order valence-electron chi connectivity index (χ2n) is 9.86. The van der Waals surface area contributed by atoms with Crippen molar-refractivity contribution in [1.82, 2.24) is 0 Å². The van der Waals surface area contributed by atoms with Crippen LogP contribution >= 0.6 is 11.8 Å². The number of hydrogen-bond donors (Lipinski definition) is 2. The molecular formula is C26H32O5S. The number of phenols is 1. The summed E-state index contributed by atoms with van der Waals surface area (Å²) in [6.45, 7) is 9.90. The van der Waals surface area contributed by atoms with Crippen LogP contribution < -0.4 is 0 Å². The largest absolute Gasteiger partial charge is 0.508 e. The molecule has 0 aromatic heterocycles. The molecule has 2 aromatic carbocycles. The molecule has 1 saturated heterocycles. The van der Waals surface area contributed by atoms with E-state index in [1.165, 1.54) is 11.8 Å². The summed E-state index contributed by atoms with van der Waals surface area (Å²) in [7, 11) is 0. The zero-order chi connectivity index (χ0) is 23.7. The van der Waals surface area contributed by atoms with Gasteiger partial charge in [0.1, 0.15) is 11.4 Å². The monoisotopic (exact) mass is 456 g/mol. The minimum Gasteiger partial charge on any atom is -0.508 e. The van der Waals surface area contributed by atoms with E-state index >= 15 is 0 Å². The maximum Gasteiger partial charge on any atom is 0.327 e. The van der Waals surface area contributed by atoms with Crippen molar-refractivity contribution >= 4 is 23.5 Å². The Morgan fingerprint density at radius 2 is 1.81 bits per heavy atom. The lowest BCUT2D eigenvalue weighted by Crippen LogP contribution is -2.47. The Morgan fingerprint density at radius 1 is 1.16 bits per heavy atom. The van der Waals surface area contributed by atoms with E-state index in [0.29, 0.717) is 12.8 Å². The summed E-state index contributed by atoms with van der Waals surface area (Å²) >= 11 is 1.25. The fourth-order valence-electron chi connectivity index (χ4n) is 3.96. The third-order valence-electron chi connectivity index (χ3n) is 5.94. The van der Waals surface area contributed by atoms with Gasteiger partial charge in [0.05, 0.1) is 6.61 Å². The van der Waals surface area contributed by atoms with Gasteiger partial charge in [0.25, 0.3) is 0 Å². The fraction of sp³-hybridized carbons (Fsp3) is 0.462. The van der Waals surface area contributed by atoms with Crippen molar-refractivity contribution in [2.75, 3.05) is 0 Å². The van der Waals surface area contributed by atoms with Crippen molar-refractivity contribution in [3.05, 3.63) is 58.7 Å². The highest BCUT2D eigenvalue weighted by Crippen LogP contribution is 2.40. The number of carbonyl (C=O) groups excluding carboxylic acids is 2. The molecule has 1 aliphatic heterocycles. The second-order valence-corrected chi connectivity index (χ2v) is 11.0. The molecule has 2 atom stereocenters. The van der Waals surface area contributed by atoms with E-state index in [0.717, 1.165) is 27.1 Å². The van der Waals surface area contributed by atoms with Gasteiger partial charge in [-0.25, -0.2) is 0 Å². The van der Waals surface area contributed by atoms with Crippen LogP contribution in [0.4, 0.5) is 0 Å². The van der Waals surface area contributed by atoms with Crippen molar-refractivity contribution < 1.29 is 24.5 Å². The maximum atomic E-state index is 13.1. The molecule has 1 aliphatic rings. The summed E-state index contributed by atoms with van der Waals surface area (Å²) < 4.78 is 5.81. The number of aryl methyl sites for hydroxylation is 2. The minimum absolute atomic E-state index is 0.0519. The number of ketones is 1. The quantitative estimate of drug-likeness (QED) is 0.477. The predicted octanol–water partition coefficient (Wildman–Crippen LogP) is 4.86. The lowest BCUT2D eigenvalue weighted by Gasteiger charge is -2.36. The van der Waals surface area contributed by atoms with Crippen LogP contribution in [0.15, 0.2) is 41.3 Å². The molecule has 3 rings (SSSR count). The summed E-state index contributed by atoms with van der Waals surface area (Å²) in [5.41, 5.74) is 2.74. The zero-order valence-electron chi connectivity index (χ0n) is 19.4. The SMILES string of the molecule is Cc1cc(SC2C(=O)CC(C)(CCc3ccc(O)cc3)OC2=O)c(C(C)(C)C)cc1CO. The van der Waals surface area contributed by atoms with Crippen molar-refractivity contribution in [3.8, 4) is 5.75 Å². The van der Waals surface area contributed by atoms with Crippen LogP contribution in [0.5, 0.6) is 5.75 Å². The number of aliphatic hydroxyl groups excluding tert-OH is 1. The van der Waals surface area contributed by atoms with Crippen LogP contribution in [0.1, 0.15) is 62.8 Å². The summed E-state index contributed by atoms with van der Waals surface area (Å²) in [6.07, 6.45) is 1.35. The number of hydrogen-bond acceptors (Lipinski definition) is 6. The smallest absolute Gasteiger partial charge is 0.327 e. The van der Waals surface area contributed by atoms with Gasteiger partial charge in [0.2, 0.25) is 0 Å². The van der Waals surface area contributed by atoms with Gasteiger partial charge in [-0.1, -0.05) is 39.0 Å². The minimum atomic E-state index is -0.891. The molecule has 2 aromatic rings. The highest BCUT2D eigenvalue weighted by atomic mass is 32.2. The van der Waals surface area contributed by atoms with Gasteiger partial charge in [-0.15, -0.1) is 11.8 Å². The molecule has 0 aliphatic carbocycles. The number of thioether (sulfide) groups is 1. The van der Waals surface area contributed by atoms with Gasteiger partial charge in [0.15, 0.2) is 11.0 Å². The number of Topliss-reactive ketones (excluding diaryl/α,β-unsaturated/α-hetero) is 1. The van der Waals surface area contributed by atoms with Gasteiger partial charge in [-0.3, -0.25) is 9.59 Å². The third-order valence-corrected chi connectivity index (χ3v) is 7.22. The molecule has 172 valence electrons. The topological polar surface area (TPSA) is 83.8 Å². The lowest BCUT2D eigenvalue weighted by molar-refractivity contribution is -0.167. The van der Waals surface area contributed by atoms with Crippen molar-refractivity contribution in [2.45, 2.75) is 81.6 Å². The Hall–Kier alpha value is -2.31. The second kappa shape index (κ2) is 9.28. The van der Waals surface area contributed by atoms with Crippen LogP contribution in [0.3, 0.4) is 0 Å². The maximum absolute atomic E-state index is 13.1. The fourth-order valence-corrected chi connectivity index (χ4v) is 5.31. The van der Waals surface area contributed by atoms with E-state index in [1.54, 1.807) is 12.1 Å². The average molecular weight is 457 g/mol. The van der Waals surface area contributed by atoms with Crippen LogP contribution in [0.2, 0.25) is 0 Å². The van der Waals surface area contributed by atoms with Crippen LogP contribution in [0.25, 0.3) is 0 Å². The van der Waals surface area contributed by atoms with Crippen molar-refractivity contribution in [3.63, 3.8) is 0 Å². The number of rotatable bonds is 6. The zero-order valence-corrected chi connectivity index (χ0v) is 20.2. The van der Waals surface area contributed by atoms with Gasteiger partial charge >= 0.3 is 5.97 Å². The first kappa shape index (κ1) is 24.3. The first-order chi connectivity index (χ1) is 14.9. The molecule has 32 heavy (non-hydrogen) atoms. The summed E-state index contributed by atoms with van der Waals surface area (Å²) in [5, 5.41) is 18.2. The molecule has 0 saturated carbocycles. The third kappa shape index (κ3) is 5.54. The Kier molecular flexibility index (Phi) is 7.06. The number of aliphatic hydroxyl groups is 1. The molecule has 0 radical (unpaired) electrons. The molecule has 5 nitrogen and oxygen atoms in total. The standard InChI is InChI=1S/C26H32O5S/c1-16-12-22(20(25(2,3)4)13-18(16)15-27)32-23-21(29)14-26(5,31-24(23)30)11-10-17-6-8-19(28)9-7-17/h6-9,12-13,23,27-28H,10-11,14-15H2,1-5H3. The number of aromatic hydroxyl groups is 1. The van der Waals surface area contributed by atoms with E-state index in [9.17, 15) is 19.8 Å². The molecule has 2 N–H and O–H groups in total. The van der Waals surface area contributed by atoms with Crippen LogP contribution in [0, 0.1) is 6.92 Å². The summed E-state index contributed by atoms with van der Waals surface area (Å²) in [5.74, 6) is -0.414. The summed E-state index contributed by atoms with van der Waals surface area (Å²) in [4.78, 5) is 26.8. The van der Waals surface area contributed by atoms with E-state index in [1.807, 2.05) is 38.1 Å². The molecular weight excluding hydrogens is 424 g/mol. The predicted molar refractivity (Wildman–Crippen MR) is 126 cm³/mol. The molecule has 2 unspecified atom stereocenters. The van der Waals surface area contributed by atoms with Crippen LogP contribution in [-0.4, -0.2) is 32.8 Å². The average Bonchev–Trinajstić information content (AvgIpc) is 2.69. The number of esters is 1. The highest BCUT2D eigenvalue weighted by Gasteiger charge is 2.44. The van der Waals surface area contributed by atoms with E-state index < -0.39 is 16.8 Å². The van der Waals surface area contributed by atoms with Gasteiger partial charge in [-0.2, -0.15) is 0 Å². The lowest BCUT2D eigenvalue weighted by atomic mass is 9.85. The highest BCUT2D eigenvalue weighted by molar-refractivity contribution is 8.01. The first-order valence-electron chi connectivity index (χ1n) is 10.9. The molecule has 1 heterocycles. The number of phenolic OH excluding ortho intramolecular Hbond substituents is 1. The number of carbonyl (C=O) groups is 2. The Morgan fingerprint density at radius 3 is 2.38 bits per heavy atom. The molecule has 6 heteroatoms. The molecule has 0 spiro atoms. The van der Waals surface area contributed by atoms with Gasteiger partial charge in [-0.05, 0) is 72.6 Å². The Balaban J connectivity index is 1.76. The molecule has 0 bridgehead atoms. The van der Waals surface area contributed by atoms with Gasteiger partial charge < -0.3 is 14.9 Å². The number of benzene rings is 2. The van der Waals surface area contributed by atoms with Crippen LogP contribution in [-0.2, 0) is 32.8 Å². The van der Waals surface area contributed by atoms with Crippen molar-refractivity contribution in [1.29, 1.82) is 0 Å². The number of ether oxygens (including phenoxy) is 1. The normalized spacial score (nSPS) is 21.5. The number of cyclic esters (lactones) is 1. The van der Waals surface area contributed by atoms with Crippen molar-refractivity contribution in [2.24, 2.45) is 0 Å². The van der Waals surface area contributed by atoms with E-state index in [4.69, 9.17) is 4.74 Å². The summed E-state index contributed by atoms with van der Waals surface area (Å²) in [6, 6.07) is 10.8. The molecule has 0 amide bonds.